The van der Waals surface area contributed by atoms with Crippen molar-refractivity contribution in [1.29, 1.82) is 0 Å². The molecule has 5 nitrogen and oxygen atoms in total. The Hall–Kier alpha value is -3.08. The van der Waals surface area contributed by atoms with Crippen molar-refractivity contribution in [1.82, 2.24) is 4.57 Å². The third-order valence-corrected chi connectivity index (χ3v) is 4.54. The van der Waals surface area contributed by atoms with Crippen LogP contribution in [0.1, 0.15) is 28.4 Å². The van der Waals surface area contributed by atoms with E-state index in [9.17, 15) is 14.7 Å². The van der Waals surface area contributed by atoms with Crippen molar-refractivity contribution in [2.45, 2.75) is 27.3 Å². The highest BCUT2D eigenvalue weighted by Crippen LogP contribution is 2.27. The van der Waals surface area contributed by atoms with Crippen LogP contribution in [0.2, 0.25) is 0 Å². The Balaban J connectivity index is 2.17. The van der Waals surface area contributed by atoms with E-state index in [1.165, 1.54) is 4.57 Å². The highest BCUT2D eigenvalue weighted by molar-refractivity contribution is 6.09. The van der Waals surface area contributed by atoms with Crippen molar-refractivity contribution in [3.8, 4) is 5.75 Å². The van der Waals surface area contributed by atoms with Gasteiger partial charge < -0.3 is 15.0 Å². The molecule has 0 atom stereocenters. The van der Waals surface area contributed by atoms with Gasteiger partial charge in [-0.3, -0.25) is 9.59 Å². The van der Waals surface area contributed by atoms with Crippen LogP contribution in [0.25, 0.3) is 10.9 Å². The van der Waals surface area contributed by atoms with Crippen LogP contribution in [0.4, 0.5) is 5.69 Å². The number of anilines is 1. The molecule has 0 aliphatic heterocycles. The first-order chi connectivity index (χ1) is 12.0. The largest absolute Gasteiger partial charge is 0.506 e. The van der Waals surface area contributed by atoms with Crippen LogP contribution in [-0.2, 0) is 6.54 Å². The molecular weight excluding hydrogens is 316 g/mol. The summed E-state index contributed by atoms with van der Waals surface area (Å²) in [7, 11) is 0. The van der Waals surface area contributed by atoms with E-state index in [2.05, 4.69) is 5.32 Å². The number of aromatic hydroxyl groups is 1. The lowest BCUT2D eigenvalue weighted by atomic mass is 10.1. The minimum absolute atomic E-state index is 0.235. The summed E-state index contributed by atoms with van der Waals surface area (Å²) in [5.74, 6) is -0.891. The van der Waals surface area contributed by atoms with E-state index in [1.807, 2.05) is 32.9 Å². The van der Waals surface area contributed by atoms with Crippen LogP contribution >= 0.6 is 0 Å². The quantitative estimate of drug-likeness (QED) is 0.768. The molecule has 3 aromatic rings. The Morgan fingerprint density at radius 3 is 2.56 bits per heavy atom. The molecule has 25 heavy (non-hydrogen) atoms. The molecular formula is C20H20N2O3. The van der Waals surface area contributed by atoms with Gasteiger partial charge in [0.1, 0.15) is 11.3 Å². The van der Waals surface area contributed by atoms with Gasteiger partial charge in [0.2, 0.25) is 0 Å². The summed E-state index contributed by atoms with van der Waals surface area (Å²) in [6.07, 6.45) is 0. The fourth-order valence-electron chi connectivity index (χ4n) is 2.98. The zero-order chi connectivity index (χ0) is 18.1. The van der Waals surface area contributed by atoms with Crippen LogP contribution in [0.3, 0.4) is 0 Å². The molecule has 0 bridgehead atoms. The summed E-state index contributed by atoms with van der Waals surface area (Å²) in [6.45, 7) is 6.08. The van der Waals surface area contributed by atoms with Gasteiger partial charge in [-0.1, -0.05) is 24.3 Å². The summed E-state index contributed by atoms with van der Waals surface area (Å²) < 4.78 is 1.49. The Morgan fingerprint density at radius 1 is 1.12 bits per heavy atom. The van der Waals surface area contributed by atoms with E-state index in [1.54, 1.807) is 30.3 Å². The number of carbonyl (C=O) groups is 1. The second-order valence-electron chi connectivity index (χ2n) is 5.99. The third kappa shape index (κ3) is 2.78. The number of pyridine rings is 1. The van der Waals surface area contributed by atoms with Gasteiger partial charge in [-0.25, -0.2) is 0 Å². The van der Waals surface area contributed by atoms with Gasteiger partial charge >= 0.3 is 0 Å². The number of hydrogen-bond donors (Lipinski definition) is 2. The number of rotatable bonds is 3. The zero-order valence-electron chi connectivity index (χ0n) is 14.5. The summed E-state index contributed by atoms with van der Waals surface area (Å²) >= 11 is 0. The highest BCUT2D eigenvalue weighted by atomic mass is 16.3. The zero-order valence-corrected chi connectivity index (χ0v) is 14.5. The van der Waals surface area contributed by atoms with Crippen LogP contribution < -0.4 is 10.9 Å². The van der Waals surface area contributed by atoms with Gasteiger partial charge in [0.15, 0.2) is 0 Å². The summed E-state index contributed by atoms with van der Waals surface area (Å²) in [5.41, 5.74) is 2.46. The van der Waals surface area contributed by atoms with Crippen LogP contribution in [0.15, 0.2) is 47.3 Å². The predicted molar refractivity (Wildman–Crippen MR) is 99.4 cm³/mol. The molecule has 0 fully saturated rings. The molecule has 128 valence electrons. The molecule has 0 aliphatic rings. The lowest BCUT2D eigenvalue weighted by Gasteiger charge is -2.14. The fourth-order valence-corrected chi connectivity index (χ4v) is 2.98. The van der Waals surface area contributed by atoms with E-state index in [0.29, 0.717) is 23.1 Å². The molecule has 0 unspecified atom stereocenters. The molecule has 1 heterocycles. The first-order valence-electron chi connectivity index (χ1n) is 8.17. The van der Waals surface area contributed by atoms with Crippen molar-refractivity contribution in [3.05, 3.63) is 69.5 Å². The van der Waals surface area contributed by atoms with Gasteiger partial charge in [-0.15, -0.1) is 0 Å². The number of nitrogens with one attached hydrogen (secondary N) is 1. The number of hydrogen-bond acceptors (Lipinski definition) is 3. The first kappa shape index (κ1) is 16.8. The second-order valence-corrected chi connectivity index (χ2v) is 5.99. The van der Waals surface area contributed by atoms with Gasteiger partial charge in [0, 0.05) is 17.6 Å². The third-order valence-electron chi connectivity index (χ3n) is 4.54. The molecule has 2 aromatic carbocycles. The first-order valence-corrected chi connectivity index (χ1v) is 8.17. The number of para-hydroxylation sites is 1. The van der Waals surface area contributed by atoms with E-state index < -0.39 is 11.5 Å². The Kier molecular flexibility index (Phi) is 4.31. The molecule has 5 heteroatoms. The molecule has 0 aliphatic carbocycles. The molecule has 1 aromatic heterocycles. The minimum atomic E-state index is -0.607. The van der Waals surface area contributed by atoms with E-state index in [0.717, 1.165) is 11.1 Å². The molecule has 0 spiro atoms. The lowest BCUT2D eigenvalue weighted by Crippen LogP contribution is -2.29. The van der Waals surface area contributed by atoms with Gasteiger partial charge in [0.05, 0.1) is 5.52 Å². The summed E-state index contributed by atoms with van der Waals surface area (Å²) in [4.78, 5) is 25.5. The van der Waals surface area contributed by atoms with Crippen molar-refractivity contribution in [2.24, 2.45) is 0 Å². The van der Waals surface area contributed by atoms with Crippen molar-refractivity contribution in [3.63, 3.8) is 0 Å². The maximum atomic E-state index is 12.8. The summed E-state index contributed by atoms with van der Waals surface area (Å²) in [6, 6.07) is 12.6. The van der Waals surface area contributed by atoms with Gasteiger partial charge in [-0.2, -0.15) is 0 Å². The van der Waals surface area contributed by atoms with Crippen LogP contribution in [-0.4, -0.2) is 15.6 Å². The maximum absolute atomic E-state index is 12.8. The maximum Gasteiger partial charge on any atom is 0.267 e. The summed E-state index contributed by atoms with van der Waals surface area (Å²) in [5, 5.41) is 13.8. The number of benzene rings is 2. The van der Waals surface area contributed by atoms with E-state index in [-0.39, 0.29) is 11.3 Å². The molecule has 1 amide bonds. The average molecular weight is 336 g/mol. The van der Waals surface area contributed by atoms with E-state index in [4.69, 9.17) is 0 Å². The Labute approximate surface area is 145 Å². The minimum Gasteiger partial charge on any atom is -0.506 e. The number of carbonyl (C=O) groups excluding carboxylic acids is 1. The van der Waals surface area contributed by atoms with Gasteiger partial charge in [-0.05, 0) is 50.1 Å². The number of nitrogens with zero attached hydrogens (tertiary/aromatic N) is 1. The standard InChI is InChI=1S/C20H20N2O3/c1-4-22-16-11-6-5-9-14(16)18(23)17(20(22)25)19(24)21-15-10-7-8-12(2)13(15)3/h5-11,23H,4H2,1-3H3,(H,21,24). The van der Waals surface area contributed by atoms with E-state index >= 15 is 0 Å². The second kappa shape index (κ2) is 6.43. The van der Waals surface area contributed by atoms with Crippen LogP contribution in [0, 0.1) is 13.8 Å². The predicted octanol–water partition coefficient (Wildman–Crippen LogP) is 3.60. The van der Waals surface area contributed by atoms with Crippen LogP contribution in [0.5, 0.6) is 5.75 Å². The fraction of sp³-hybridized carbons (Fsp3) is 0.200. The molecule has 3 rings (SSSR count). The lowest BCUT2D eigenvalue weighted by molar-refractivity contribution is 0.102. The molecule has 0 radical (unpaired) electrons. The van der Waals surface area contributed by atoms with Crippen molar-refractivity contribution in [2.75, 3.05) is 5.32 Å². The molecule has 0 saturated carbocycles. The van der Waals surface area contributed by atoms with Crippen molar-refractivity contribution < 1.29 is 9.90 Å². The Bertz CT molecular complexity index is 1040. The number of aromatic nitrogens is 1. The van der Waals surface area contributed by atoms with Gasteiger partial charge in [0.25, 0.3) is 11.5 Å². The SMILES string of the molecule is CCn1c(=O)c(C(=O)Nc2cccc(C)c2C)c(O)c2ccccc21. The van der Waals surface area contributed by atoms with Crippen molar-refractivity contribution >= 4 is 22.5 Å². The number of aryl methyl sites for hydroxylation is 2. The smallest absolute Gasteiger partial charge is 0.267 e. The number of amides is 1. The molecule has 0 saturated heterocycles. The highest BCUT2D eigenvalue weighted by Gasteiger charge is 2.22. The average Bonchev–Trinajstić information content (AvgIpc) is 2.59. The Morgan fingerprint density at radius 2 is 1.84 bits per heavy atom. The topological polar surface area (TPSA) is 71.3 Å². The molecule has 2 N–H and O–H groups in total. The number of fused-ring (bicyclic) bond motifs is 1. The normalized spacial score (nSPS) is 10.8. The monoisotopic (exact) mass is 336 g/mol.